The predicted octanol–water partition coefficient (Wildman–Crippen LogP) is 4.30. The van der Waals surface area contributed by atoms with Crippen LogP contribution in [0.3, 0.4) is 0 Å². The number of morpholine rings is 1. The van der Waals surface area contributed by atoms with Crippen LogP contribution in [-0.2, 0) is 22.5 Å². The van der Waals surface area contributed by atoms with Gasteiger partial charge in [-0.3, -0.25) is 9.78 Å². The molecule has 34 heavy (non-hydrogen) atoms. The van der Waals surface area contributed by atoms with Gasteiger partial charge in [0.1, 0.15) is 5.82 Å². The molecule has 0 spiro atoms. The van der Waals surface area contributed by atoms with Gasteiger partial charge in [0, 0.05) is 36.9 Å². The minimum atomic E-state index is -0.0258. The van der Waals surface area contributed by atoms with Gasteiger partial charge in [0.25, 0.3) is 0 Å². The quantitative estimate of drug-likeness (QED) is 0.472. The van der Waals surface area contributed by atoms with E-state index in [4.69, 9.17) is 9.72 Å². The van der Waals surface area contributed by atoms with Crippen molar-refractivity contribution in [1.29, 1.82) is 0 Å². The molecular weight excluding hydrogens is 424 g/mol. The lowest BCUT2D eigenvalue weighted by molar-refractivity contribution is -0.120. The molecule has 1 amide bonds. The summed E-state index contributed by atoms with van der Waals surface area (Å²) in [6, 6.07) is 22.3. The van der Waals surface area contributed by atoms with Crippen LogP contribution in [0.2, 0.25) is 0 Å². The number of benzene rings is 2. The van der Waals surface area contributed by atoms with Gasteiger partial charge < -0.3 is 15.0 Å². The van der Waals surface area contributed by atoms with Crippen LogP contribution in [0.25, 0.3) is 22.0 Å². The Kier molecular flexibility index (Phi) is 6.49. The predicted molar refractivity (Wildman–Crippen MR) is 135 cm³/mol. The molecule has 0 radical (unpaired) electrons. The zero-order valence-corrected chi connectivity index (χ0v) is 19.3. The molecule has 2 aromatic heterocycles. The van der Waals surface area contributed by atoms with Crippen LogP contribution in [0.5, 0.6) is 0 Å². The third-order valence-electron chi connectivity index (χ3n) is 6.23. The summed E-state index contributed by atoms with van der Waals surface area (Å²) in [7, 11) is 0. The Bertz CT molecular complexity index is 1300. The second kappa shape index (κ2) is 10.0. The van der Waals surface area contributed by atoms with Crippen LogP contribution in [0.1, 0.15) is 16.8 Å². The number of hydrogen-bond acceptors (Lipinski definition) is 5. The van der Waals surface area contributed by atoms with Gasteiger partial charge in [0.2, 0.25) is 5.91 Å². The van der Waals surface area contributed by atoms with Crippen molar-refractivity contribution in [3.05, 3.63) is 89.7 Å². The highest BCUT2D eigenvalue weighted by Crippen LogP contribution is 2.33. The zero-order chi connectivity index (χ0) is 23.3. The molecule has 0 bridgehead atoms. The summed E-state index contributed by atoms with van der Waals surface area (Å²) in [5.74, 6) is 0.901. The van der Waals surface area contributed by atoms with Gasteiger partial charge in [0.15, 0.2) is 0 Å². The van der Waals surface area contributed by atoms with Crippen LogP contribution in [0.15, 0.2) is 72.9 Å². The maximum atomic E-state index is 13.1. The number of fused-ring (bicyclic) bond motifs is 1. The van der Waals surface area contributed by atoms with E-state index in [1.54, 1.807) is 6.20 Å². The monoisotopic (exact) mass is 452 g/mol. The van der Waals surface area contributed by atoms with E-state index in [1.807, 2.05) is 55.5 Å². The molecule has 0 aliphatic carbocycles. The number of ether oxygens (including phenoxy) is 1. The molecule has 3 heterocycles. The summed E-state index contributed by atoms with van der Waals surface area (Å²) in [6.45, 7) is 5.54. The van der Waals surface area contributed by atoms with E-state index in [1.165, 1.54) is 0 Å². The molecule has 4 aromatic rings. The topological polar surface area (TPSA) is 67.4 Å². The van der Waals surface area contributed by atoms with E-state index >= 15 is 0 Å². The molecule has 1 aliphatic heterocycles. The normalized spacial score (nSPS) is 13.7. The first kappa shape index (κ1) is 22.0. The number of aromatic nitrogens is 2. The van der Waals surface area contributed by atoms with Crippen molar-refractivity contribution in [3.8, 4) is 11.1 Å². The number of rotatable bonds is 6. The molecule has 0 atom stereocenters. The standard InChI is InChI=1S/C28H28N4O2/c1-20-24(28(22-7-3-2-4-8-22)23-9-5-6-10-25(23)31-20)18-27(33)30-19-21-11-12-29-26(17-21)32-13-15-34-16-14-32/h2-12,17H,13-16,18-19H2,1H3,(H,30,33). The number of carbonyl (C=O) groups excluding carboxylic acids is 1. The van der Waals surface area contributed by atoms with Crippen molar-refractivity contribution in [1.82, 2.24) is 15.3 Å². The van der Waals surface area contributed by atoms with Gasteiger partial charge in [0.05, 0.1) is 25.2 Å². The lowest BCUT2D eigenvalue weighted by atomic mass is 9.92. The highest BCUT2D eigenvalue weighted by Gasteiger charge is 2.17. The van der Waals surface area contributed by atoms with E-state index in [2.05, 4.69) is 33.4 Å². The number of nitrogens with one attached hydrogen (secondary N) is 1. The number of nitrogens with zero attached hydrogens (tertiary/aromatic N) is 3. The highest BCUT2D eigenvalue weighted by atomic mass is 16.5. The number of aryl methyl sites for hydroxylation is 1. The Balaban J connectivity index is 1.37. The first-order chi connectivity index (χ1) is 16.7. The number of anilines is 1. The first-order valence-electron chi connectivity index (χ1n) is 11.7. The Hall–Kier alpha value is -3.77. The molecule has 6 heteroatoms. The van der Waals surface area contributed by atoms with Gasteiger partial charge in [-0.25, -0.2) is 4.98 Å². The second-order valence-corrected chi connectivity index (χ2v) is 8.51. The van der Waals surface area contributed by atoms with Crippen LogP contribution in [-0.4, -0.2) is 42.2 Å². The summed E-state index contributed by atoms with van der Waals surface area (Å²) >= 11 is 0. The van der Waals surface area contributed by atoms with Crippen LogP contribution >= 0.6 is 0 Å². The Morgan fingerprint density at radius 1 is 1.03 bits per heavy atom. The zero-order valence-electron chi connectivity index (χ0n) is 19.3. The first-order valence-corrected chi connectivity index (χ1v) is 11.7. The van der Waals surface area contributed by atoms with Crippen molar-refractivity contribution < 1.29 is 9.53 Å². The summed E-state index contributed by atoms with van der Waals surface area (Å²) in [5.41, 5.74) is 5.99. The number of para-hydroxylation sites is 1. The lowest BCUT2D eigenvalue weighted by Gasteiger charge is -2.28. The summed E-state index contributed by atoms with van der Waals surface area (Å²) in [6.07, 6.45) is 2.08. The third kappa shape index (κ3) is 4.77. The number of hydrogen-bond donors (Lipinski definition) is 1. The highest BCUT2D eigenvalue weighted by molar-refractivity contribution is 5.98. The number of amides is 1. The summed E-state index contributed by atoms with van der Waals surface area (Å²) < 4.78 is 5.43. The number of pyridine rings is 2. The van der Waals surface area contributed by atoms with E-state index in [-0.39, 0.29) is 12.3 Å². The van der Waals surface area contributed by atoms with Gasteiger partial charge in [-0.1, -0.05) is 48.5 Å². The molecule has 0 saturated carbocycles. The van der Waals surface area contributed by atoms with Gasteiger partial charge >= 0.3 is 0 Å². The van der Waals surface area contributed by atoms with E-state index < -0.39 is 0 Å². The van der Waals surface area contributed by atoms with Gasteiger partial charge in [-0.05, 0) is 47.4 Å². The van der Waals surface area contributed by atoms with Crippen molar-refractivity contribution in [2.45, 2.75) is 19.9 Å². The summed E-state index contributed by atoms with van der Waals surface area (Å²) in [5, 5.41) is 4.16. The average molecular weight is 453 g/mol. The average Bonchev–Trinajstić information content (AvgIpc) is 2.89. The van der Waals surface area contributed by atoms with E-state index in [0.717, 1.165) is 57.8 Å². The molecule has 6 nitrogen and oxygen atoms in total. The Morgan fingerprint density at radius 3 is 2.62 bits per heavy atom. The SMILES string of the molecule is Cc1nc2ccccc2c(-c2ccccc2)c1CC(=O)NCc1ccnc(N2CCOCC2)c1. The van der Waals surface area contributed by atoms with Crippen molar-refractivity contribution >= 4 is 22.6 Å². The molecule has 1 N–H and O–H groups in total. The number of carbonyl (C=O) groups is 1. The van der Waals surface area contributed by atoms with Crippen molar-refractivity contribution in [3.63, 3.8) is 0 Å². The third-order valence-corrected chi connectivity index (χ3v) is 6.23. The van der Waals surface area contributed by atoms with E-state index in [0.29, 0.717) is 19.8 Å². The minimum Gasteiger partial charge on any atom is -0.378 e. The lowest BCUT2D eigenvalue weighted by Crippen LogP contribution is -2.36. The smallest absolute Gasteiger partial charge is 0.224 e. The summed E-state index contributed by atoms with van der Waals surface area (Å²) in [4.78, 5) is 24.6. The van der Waals surface area contributed by atoms with Gasteiger partial charge in [-0.2, -0.15) is 0 Å². The minimum absolute atomic E-state index is 0.0258. The molecule has 5 rings (SSSR count). The fourth-order valence-electron chi connectivity index (χ4n) is 4.48. The van der Waals surface area contributed by atoms with Crippen LogP contribution < -0.4 is 10.2 Å². The van der Waals surface area contributed by atoms with Crippen LogP contribution in [0.4, 0.5) is 5.82 Å². The Morgan fingerprint density at radius 2 is 1.79 bits per heavy atom. The molecule has 0 unspecified atom stereocenters. The molecule has 1 fully saturated rings. The largest absolute Gasteiger partial charge is 0.378 e. The molecule has 2 aromatic carbocycles. The van der Waals surface area contributed by atoms with Gasteiger partial charge in [-0.15, -0.1) is 0 Å². The van der Waals surface area contributed by atoms with Crippen LogP contribution in [0, 0.1) is 6.92 Å². The van der Waals surface area contributed by atoms with Crippen molar-refractivity contribution in [2.75, 3.05) is 31.2 Å². The van der Waals surface area contributed by atoms with E-state index in [9.17, 15) is 4.79 Å². The second-order valence-electron chi connectivity index (χ2n) is 8.51. The molecule has 172 valence electrons. The molecule has 1 saturated heterocycles. The van der Waals surface area contributed by atoms with Crippen molar-refractivity contribution in [2.24, 2.45) is 0 Å². The fourth-order valence-corrected chi connectivity index (χ4v) is 4.48. The maximum absolute atomic E-state index is 13.1. The Labute approximate surface area is 199 Å². The molecule has 1 aliphatic rings. The molecular formula is C28H28N4O2. The maximum Gasteiger partial charge on any atom is 0.224 e. The fraction of sp³-hybridized carbons (Fsp3) is 0.250.